The number of aromatic nitrogens is 2. The summed E-state index contributed by atoms with van der Waals surface area (Å²) in [6.45, 7) is 5.97. The molecule has 1 spiro atoms. The fourth-order valence-electron chi connectivity index (χ4n) is 5.21. The first-order chi connectivity index (χ1) is 17.2. The van der Waals surface area contributed by atoms with E-state index >= 15 is 0 Å². The summed E-state index contributed by atoms with van der Waals surface area (Å²) >= 11 is 12.5. The molecule has 36 heavy (non-hydrogen) atoms. The summed E-state index contributed by atoms with van der Waals surface area (Å²) in [4.78, 5) is 9.55. The van der Waals surface area contributed by atoms with Crippen LogP contribution in [0.5, 0.6) is 0 Å². The first kappa shape index (κ1) is 26.1. The van der Waals surface area contributed by atoms with Gasteiger partial charge in [-0.1, -0.05) is 69.7 Å². The minimum absolute atomic E-state index is 0.0261. The molecule has 0 amide bonds. The van der Waals surface area contributed by atoms with Gasteiger partial charge < -0.3 is 4.55 Å². The maximum Gasteiger partial charge on any atom is 0.148 e. The third kappa shape index (κ3) is 5.21. The van der Waals surface area contributed by atoms with Gasteiger partial charge in [0.2, 0.25) is 0 Å². The van der Waals surface area contributed by atoms with Crippen LogP contribution in [0.1, 0.15) is 69.1 Å². The second-order valence-electron chi connectivity index (χ2n) is 10.6. The molecule has 8 heteroatoms. The number of rotatable bonds is 4. The molecule has 0 bridgehead atoms. The molecule has 1 saturated carbocycles. The van der Waals surface area contributed by atoms with Gasteiger partial charge in [-0.15, -0.1) is 0 Å². The average molecular weight is 559 g/mol. The maximum atomic E-state index is 13.0. The standard InChI is InChI=1S/C28H29Cl2N3OS2/c1-27(2,3)36(34)33-25-21-7-5-4-6-19(21)16-28(25)13-10-18(11-14-28)20-8-9-23(32-17-20)35-22-12-15-31-26(30)24(22)29/h4-9,12,15,17-18H,10-11,13-14,16H2,1-3H3/t18-,28+,36-/m1/s1. The van der Waals surface area contributed by atoms with Crippen LogP contribution in [-0.4, -0.2) is 25.0 Å². The zero-order valence-electron chi connectivity index (χ0n) is 20.6. The fourth-order valence-corrected chi connectivity index (χ4v) is 7.16. The highest BCUT2D eigenvalue weighted by atomic mass is 35.5. The maximum absolute atomic E-state index is 13.0. The highest BCUT2D eigenvalue weighted by Crippen LogP contribution is 2.51. The first-order valence-electron chi connectivity index (χ1n) is 12.2. The highest BCUT2D eigenvalue weighted by molar-refractivity contribution is 7.99. The van der Waals surface area contributed by atoms with E-state index in [0.717, 1.165) is 47.7 Å². The third-order valence-corrected chi connectivity index (χ3v) is 10.5. The van der Waals surface area contributed by atoms with Gasteiger partial charge in [-0.3, -0.25) is 0 Å². The molecule has 0 N–H and O–H groups in total. The molecule has 1 fully saturated rings. The Hall–Kier alpha value is -1.57. The van der Waals surface area contributed by atoms with Crippen LogP contribution in [0.4, 0.5) is 0 Å². The van der Waals surface area contributed by atoms with E-state index in [1.54, 1.807) is 6.20 Å². The van der Waals surface area contributed by atoms with E-state index in [-0.39, 0.29) is 10.2 Å². The monoisotopic (exact) mass is 557 g/mol. The second-order valence-corrected chi connectivity index (χ2v) is 14.3. The van der Waals surface area contributed by atoms with Crippen LogP contribution in [0.3, 0.4) is 0 Å². The van der Waals surface area contributed by atoms with Gasteiger partial charge in [-0.25, -0.2) is 9.97 Å². The van der Waals surface area contributed by atoms with Crippen molar-refractivity contribution in [2.75, 3.05) is 0 Å². The molecule has 1 aromatic carbocycles. The summed E-state index contributed by atoms with van der Waals surface area (Å²) in [6.07, 6.45) is 8.83. The van der Waals surface area contributed by atoms with Crippen LogP contribution in [0.15, 0.2) is 69.2 Å². The first-order valence-corrected chi connectivity index (χ1v) is 14.9. The quantitative estimate of drug-likeness (QED) is 0.240. The van der Waals surface area contributed by atoms with Gasteiger partial charge in [0.1, 0.15) is 32.0 Å². The molecule has 0 saturated heterocycles. The van der Waals surface area contributed by atoms with Crippen molar-refractivity contribution in [3.05, 3.63) is 81.7 Å². The van der Waals surface area contributed by atoms with E-state index in [2.05, 4.69) is 41.4 Å². The van der Waals surface area contributed by atoms with Gasteiger partial charge in [0.05, 0.1) is 5.02 Å². The smallest absolute Gasteiger partial charge is 0.148 e. The Morgan fingerprint density at radius 2 is 1.81 bits per heavy atom. The van der Waals surface area contributed by atoms with Crippen molar-refractivity contribution in [1.82, 2.24) is 9.97 Å². The van der Waals surface area contributed by atoms with Crippen LogP contribution >= 0.6 is 35.0 Å². The average Bonchev–Trinajstić information content (AvgIpc) is 3.15. The Bertz CT molecular complexity index is 1280. The van der Waals surface area contributed by atoms with E-state index in [1.165, 1.54) is 28.5 Å². The van der Waals surface area contributed by atoms with Gasteiger partial charge in [0.15, 0.2) is 0 Å². The summed E-state index contributed by atoms with van der Waals surface area (Å²) in [6, 6.07) is 14.6. The van der Waals surface area contributed by atoms with Crippen LogP contribution in [0, 0.1) is 5.41 Å². The SMILES string of the molecule is CC(C)(C)[S@@+]([O-])N=C1c2ccccc2C[C@]12CC[C@H](c1ccc(Sc3ccnc(Cl)c3Cl)nc1)CC2. The number of hydrogen-bond acceptors (Lipinski definition) is 5. The van der Waals surface area contributed by atoms with E-state index in [4.69, 9.17) is 32.6 Å². The van der Waals surface area contributed by atoms with E-state index in [0.29, 0.717) is 16.1 Å². The largest absolute Gasteiger partial charge is 0.591 e. The van der Waals surface area contributed by atoms with Gasteiger partial charge in [0, 0.05) is 28.3 Å². The van der Waals surface area contributed by atoms with E-state index in [9.17, 15) is 4.55 Å². The number of fused-ring (bicyclic) bond motifs is 1. The lowest BCUT2D eigenvalue weighted by atomic mass is 9.67. The third-order valence-electron chi connectivity index (χ3n) is 7.20. The highest BCUT2D eigenvalue weighted by Gasteiger charge is 2.47. The van der Waals surface area contributed by atoms with Crippen molar-refractivity contribution in [2.45, 2.75) is 73.5 Å². The molecule has 0 radical (unpaired) electrons. The summed E-state index contributed by atoms with van der Waals surface area (Å²) in [7, 11) is 0. The van der Waals surface area contributed by atoms with Crippen molar-refractivity contribution in [1.29, 1.82) is 0 Å². The Morgan fingerprint density at radius 3 is 2.50 bits per heavy atom. The van der Waals surface area contributed by atoms with E-state index in [1.807, 2.05) is 33.0 Å². The lowest BCUT2D eigenvalue weighted by molar-refractivity contribution is 0.266. The molecule has 188 valence electrons. The molecule has 1 atom stereocenters. The lowest BCUT2D eigenvalue weighted by Gasteiger charge is -2.37. The molecule has 2 heterocycles. The topological polar surface area (TPSA) is 61.2 Å². The number of halogens is 2. The molecule has 2 aliphatic carbocycles. The fraction of sp³-hybridized carbons (Fsp3) is 0.393. The molecule has 5 rings (SSSR count). The second kappa shape index (κ2) is 10.3. The van der Waals surface area contributed by atoms with Crippen LogP contribution < -0.4 is 0 Å². The van der Waals surface area contributed by atoms with Crippen molar-refractivity contribution < 1.29 is 4.55 Å². The van der Waals surface area contributed by atoms with Gasteiger partial charge in [0.25, 0.3) is 0 Å². The van der Waals surface area contributed by atoms with Crippen molar-refractivity contribution in [3.63, 3.8) is 0 Å². The minimum atomic E-state index is -1.28. The van der Waals surface area contributed by atoms with Crippen LogP contribution in [0.25, 0.3) is 0 Å². The van der Waals surface area contributed by atoms with Crippen molar-refractivity contribution in [3.8, 4) is 0 Å². The Kier molecular flexibility index (Phi) is 7.45. The summed E-state index contributed by atoms with van der Waals surface area (Å²) in [5.41, 5.74) is 4.81. The molecular weight excluding hydrogens is 529 g/mol. The molecule has 2 aliphatic rings. The van der Waals surface area contributed by atoms with Crippen molar-refractivity contribution >= 4 is 52.0 Å². The zero-order valence-corrected chi connectivity index (χ0v) is 23.8. The number of hydrogen-bond donors (Lipinski definition) is 0. The lowest BCUT2D eigenvalue weighted by Crippen LogP contribution is -2.35. The van der Waals surface area contributed by atoms with E-state index < -0.39 is 11.4 Å². The summed E-state index contributed by atoms with van der Waals surface area (Å²) < 4.78 is 17.5. The minimum Gasteiger partial charge on any atom is -0.591 e. The van der Waals surface area contributed by atoms with Crippen LogP contribution in [-0.2, 0) is 17.8 Å². The molecule has 3 aromatic rings. The summed E-state index contributed by atoms with van der Waals surface area (Å²) in [5, 5.41) is 1.63. The van der Waals surface area contributed by atoms with Gasteiger partial charge in [-0.2, -0.15) is 0 Å². The molecule has 2 aromatic heterocycles. The Balaban J connectivity index is 1.32. The normalized spacial score (nSPS) is 23.7. The summed E-state index contributed by atoms with van der Waals surface area (Å²) in [5.74, 6) is 0.458. The molecule has 0 aliphatic heterocycles. The Morgan fingerprint density at radius 1 is 1.06 bits per heavy atom. The molecule has 4 nitrogen and oxygen atoms in total. The number of pyridine rings is 2. The van der Waals surface area contributed by atoms with Gasteiger partial charge >= 0.3 is 0 Å². The number of nitrogens with zero attached hydrogens (tertiary/aromatic N) is 3. The predicted octanol–water partition coefficient (Wildman–Crippen LogP) is 8.09. The molecule has 0 unspecified atom stereocenters. The van der Waals surface area contributed by atoms with Crippen molar-refractivity contribution in [2.24, 2.45) is 9.81 Å². The van der Waals surface area contributed by atoms with Gasteiger partial charge in [-0.05, 0) is 82.1 Å². The Labute approximate surface area is 230 Å². The zero-order chi connectivity index (χ0) is 25.5. The number of benzene rings is 1. The predicted molar refractivity (Wildman–Crippen MR) is 151 cm³/mol. The molecular formula is C28H29Cl2N3OS2. The van der Waals surface area contributed by atoms with Crippen LogP contribution in [0.2, 0.25) is 10.2 Å².